The predicted molar refractivity (Wildman–Crippen MR) is 106 cm³/mol. The van der Waals surface area contributed by atoms with Crippen molar-refractivity contribution in [3.8, 4) is 0 Å². The third-order valence-corrected chi connectivity index (χ3v) is 4.93. The highest BCUT2D eigenvalue weighted by molar-refractivity contribution is 5.95. The highest BCUT2D eigenvalue weighted by atomic mass is 16.2. The quantitative estimate of drug-likeness (QED) is 0.815. The van der Waals surface area contributed by atoms with Crippen LogP contribution in [0, 0.1) is 0 Å². The van der Waals surface area contributed by atoms with Crippen molar-refractivity contribution in [1.29, 1.82) is 0 Å². The Hall–Kier alpha value is -2.89. The third-order valence-electron chi connectivity index (χ3n) is 4.93. The van der Waals surface area contributed by atoms with Crippen LogP contribution in [0.15, 0.2) is 48.7 Å². The van der Waals surface area contributed by atoms with Crippen molar-refractivity contribution < 1.29 is 9.59 Å². The molecule has 6 heteroatoms. The van der Waals surface area contributed by atoms with E-state index in [-0.39, 0.29) is 11.8 Å². The van der Waals surface area contributed by atoms with Gasteiger partial charge in [0.2, 0.25) is 5.91 Å². The summed E-state index contributed by atoms with van der Waals surface area (Å²) in [6.07, 6.45) is 1.70. The average Bonchev–Trinajstić information content (AvgIpc) is 2.72. The smallest absolute Gasteiger partial charge is 0.254 e. The molecule has 0 bridgehead atoms. The Bertz CT molecular complexity index is 786. The van der Waals surface area contributed by atoms with Gasteiger partial charge in [-0.2, -0.15) is 0 Å². The molecule has 2 heterocycles. The van der Waals surface area contributed by atoms with Gasteiger partial charge >= 0.3 is 0 Å². The van der Waals surface area contributed by atoms with E-state index >= 15 is 0 Å². The number of rotatable bonds is 5. The topological polar surface area (TPSA) is 56.8 Å². The molecule has 2 aromatic rings. The van der Waals surface area contributed by atoms with Crippen molar-refractivity contribution in [2.75, 3.05) is 37.6 Å². The number of carbonyl (C=O) groups is 2. The molecule has 0 atom stereocenters. The molecule has 6 nitrogen and oxygen atoms in total. The Morgan fingerprint density at radius 1 is 1.04 bits per heavy atom. The Morgan fingerprint density at radius 3 is 2.33 bits per heavy atom. The second-order valence-corrected chi connectivity index (χ2v) is 6.70. The van der Waals surface area contributed by atoms with Gasteiger partial charge in [0.1, 0.15) is 5.82 Å². The van der Waals surface area contributed by atoms with Crippen LogP contribution in [0.4, 0.5) is 5.82 Å². The number of hydrogen-bond acceptors (Lipinski definition) is 4. The van der Waals surface area contributed by atoms with Crippen LogP contribution in [-0.4, -0.2) is 59.3 Å². The predicted octanol–water partition coefficient (Wildman–Crippen LogP) is 2.41. The lowest BCUT2D eigenvalue weighted by Gasteiger charge is -2.34. The molecule has 3 rings (SSSR count). The zero-order valence-corrected chi connectivity index (χ0v) is 16.0. The Morgan fingerprint density at radius 2 is 1.70 bits per heavy atom. The zero-order chi connectivity index (χ0) is 19.2. The number of amides is 2. The van der Waals surface area contributed by atoms with Crippen molar-refractivity contribution >= 4 is 17.6 Å². The number of carbonyl (C=O) groups excluding carboxylic acids is 2. The molecule has 0 spiro atoms. The van der Waals surface area contributed by atoms with Crippen molar-refractivity contribution in [3.63, 3.8) is 0 Å². The standard InChI is InChI=1S/C21H26N4O2/c1-3-23(16-18-7-5-4-6-8-18)20-15-19(9-10-22-20)21(27)25-13-11-24(12-14-25)17(2)26/h4-10,15H,3,11-14,16H2,1-2H3. The molecule has 1 aliphatic rings. The van der Waals surface area contributed by atoms with Crippen LogP contribution in [0.3, 0.4) is 0 Å². The van der Waals surface area contributed by atoms with E-state index in [1.54, 1.807) is 24.1 Å². The van der Waals surface area contributed by atoms with Crippen LogP contribution in [-0.2, 0) is 11.3 Å². The normalized spacial score (nSPS) is 14.1. The van der Waals surface area contributed by atoms with E-state index in [9.17, 15) is 9.59 Å². The summed E-state index contributed by atoms with van der Waals surface area (Å²) in [6.45, 7) is 7.52. The fourth-order valence-corrected chi connectivity index (χ4v) is 3.29. The molecule has 27 heavy (non-hydrogen) atoms. The second kappa shape index (κ2) is 8.66. The first-order valence-corrected chi connectivity index (χ1v) is 9.38. The first kappa shape index (κ1) is 18.9. The minimum atomic E-state index is -0.00221. The lowest BCUT2D eigenvalue weighted by Crippen LogP contribution is -2.50. The summed E-state index contributed by atoms with van der Waals surface area (Å²) in [5.74, 6) is 0.861. The summed E-state index contributed by atoms with van der Waals surface area (Å²) in [5, 5.41) is 0. The molecule has 1 saturated heterocycles. The molecule has 2 amide bonds. The van der Waals surface area contributed by atoms with Crippen molar-refractivity contribution in [1.82, 2.24) is 14.8 Å². The maximum absolute atomic E-state index is 12.9. The van der Waals surface area contributed by atoms with E-state index in [1.165, 1.54) is 5.56 Å². The fraction of sp³-hybridized carbons (Fsp3) is 0.381. The van der Waals surface area contributed by atoms with Gasteiger partial charge in [-0.05, 0) is 24.6 Å². The molecule has 0 saturated carbocycles. The van der Waals surface area contributed by atoms with Gasteiger partial charge in [0.25, 0.3) is 5.91 Å². The number of aromatic nitrogens is 1. The summed E-state index contributed by atoms with van der Waals surface area (Å²) < 4.78 is 0. The van der Waals surface area contributed by atoms with Crippen molar-refractivity contribution in [2.24, 2.45) is 0 Å². The number of anilines is 1. The van der Waals surface area contributed by atoms with Crippen molar-refractivity contribution in [3.05, 3.63) is 59.8 Å². The maximum atomic E-state index is 12.9. The van der Waals surface area contributed by atoms with Gasteiger partial charge < -0.3 is 14.7 Å². The van der Waals surface area contributed by atoms with Gasteiger partial charge in [-0.3, -0.25) is 9.59 Å². The molecule has 1 fully saturated rings. The van der Waals surface area contributed by atoms with Gasteiger partial charge in [-0.1, -0.05) is 30.3 Å². The Kier molecular flexibility index (Phi) is 6.06. The first-order chi connectivity index (χ1) is 13.1. The molecule has 0 radical (unpaired) electrons. The van der Waals surface area contributed by atoms with E-state index in [0.29, 0.717) is 31.7 Å². The summed E-state index contributed by atoms with van der Waals surface area (Å²) in [5.41, 5.74) is 1.85. The van der Waals surface area contributed by atoms with E-state index in [1.807, 2.05) is 29.2 Å². The van der Waals surface area contributed by atoms with Crippen LogP contribution in [0.1, 0.15) is 29.8 Å². The van der Waals surface area contributed by atoms with Crippen molar-refractivity contribution in [2.45, 2.75) is 20.4 Å². The highest BCUT2D eigenvalue weighted by Crippen LogP contribution is 2.18. The summed E-state index contributed by atoms with van der Waals surface area (Å²) >= 11 is 0. The Balaban J connectivity index is 1.71. The SMILES string of the molecule is CCN(Cc1ccccc1)c1cc(C(=O)N2CCN(C(C)=O)CC2)ccn1. The fourth-order valence-electron chi connectivity index (χ4n) is 3.29. The summed E-state index contributed by atoms with van der Waals surface area (Å²) in [7, 11) is 0. The number of nitrogens with zero attached hydrogens (tertiary/aromatic N) is 4. The number of piperazine rings is 1. The largest absolute Gasteiger partial charge is 0.353 e. The van der Waals surface area contributed by atoms with Crippen LogP contribution in [0.5, 0.6) is 0 Å². The average molecular weight is 366 g/mol. The lowest BCUT2D eigenvalue weighted by atomic mass is 10.2. The van der Waals surface area contributed by atoms with E-state index in [0.717, 1.165) is 18.9 Å². The van der Waals surface area contributed by atoms with Gasteiger partial charge in [0, 0.05) is 58.0 Å². The summed E-state index contributed by atoms with van der Waals surface area (Å²) in [6, 6.07) is 13.9. The molecule has 1 aromatic carbocycles. The molecule has 1 aromatic heterocycles. The number of benzene rings is 1. The van der Waals surface area contributed by atoms with E-state index in [2.05, 4.69) is 28.9 Å². The number of pyridine rings is 1. The molecular formula is C21H26N4O2. The van der Waals surface area contributed by atoms with Gasteiger partial charge in [-0.25, -0.2) is 4.98 Å². The molecule has 0 N–H and O–H groups in total. The molecule has 0 unspecified atom stereocenters. The van der Waals surface area contributed by atoms with E-state index < -0.39 is 0 Å². The van der Waals surface area contributed by atoms with E-state index in [4.69, 9.17) is 0 Å². The minimum Gasteiger partial charge on any atom is -0.353 e. The Labute approximate surface area is 160 Å². The van der Waals surface area contributed by atoms with Crippen LogP contribution >= 0.6 is 0 Å². The monoisotopic (exact) mass is 366 g/mol. The molecule has 1 aliphatic heterocycles. The number of hydrogen-bond donors (Lipinski definition) is 0. The van der Waals surface area contributed by atoms with Gasteiger partial charge in [-0.15, -0.1) is 0 Å². The molecule has 0 aliphatic carbocycles. The first-order valence-electron chi connectivity index (χ1n) is 9.38. The van der Waals surface area contributed by atoms with Crippen LogP contribution in [0.25, 0.3) is 0 Å². The maximum Gasteiger partial charge on any atom is 0.254 e. The van der Waals surface area contributed by atoms with Gasteiger partial charge in [0.05, 0.1) is 0 Å². The molecular weight excluding hydrogens is 340 g/mol. The van der Waals surface area contributed by atoms with Crippen LogP contribution in [0.2, 0.25) is 0 Å². The summed E-state index contributed by atoms with van der Waals surface area (Å²) in [4.78, 5) is 34.5. The van der Waals surface area contributed by atoms with Gasteiger partial charge in [0.15, 0.2) is 0 Å². The highest BCUT2D eigenvalue weighted by Gasteiger charge is 2.23. The molecule has 142 valence electrons. The lowest BCUT2D eigenvalue weighted by molar-refractivity contribution is -0.130. The zero-order valence-electron chi connectivity index (χ0n) is 16.0. The van der Waals surface area contributed by atoms with Crippen LogP contribution < -0.4 is 4.90 Å². The minimum absolute atomic E-state index is 0.00221. The third kappa shape index (κ3) is 4.64. The second-order valence-electron chi connectivity index (χ2n) is 6.70.